The number of carbonyl (C=O) groups excluding carboxylic acids is 2. The number of benzene rings is 2. The highest BCUT2D eigenvalue weighted by molar-refractivity contribution is 6.05. The largest absolute Gasteiger partial charge is 0.506 e. The zero-order valence-electron chi connectivity index (χ0n) is 14.8. The Labute approximate surface area is 157 Å². The van der Waals surface area contributed by atoms with Gasteiger partial charge in [-0.05, 0) is 42.0 Å². The summed E-state index contributed by atoms with van der Waals surface area (Å²) in [6.45, 7) is 1.88. The summed E-state index contributed by atoms with van der Waals surface area (Å²) in [5.74, 6) is -0.404. The van der Waals surface area contributed by atoms with Crippen LogP contribution in [0.1, 0.15) is 22.8 Å². The van der Waals surface area contributed by atoms with Gasteiger partial charge in [-0.15, -0.1) is 0 Å². The van der Waals surface area contributed by atoms with Crippen LogP contribution in [0, 0.1) is 0 Å². The predicted molar refractivity (Wildman–Crippen MR) is 104 cm³/mol. The summed E-state index contributed by atoms with van der Waals surface area (Å²) < 4.78 is 0. The van der Waals surface area contributed by atoms with E-state index in [0.717, 1.165) is 5.56 Å². The summed E-state index contributed by atoms with van der Waals surface area (Å²) in [5.41, 5.74) is 2.41. The second kappa shape index (κ2) is 8.14. The molecule has 0 bridgehead atoms. The maximum atomic E-state index is 12.3. The normalized spacial score (nSPS) is 10.3. The fourth-order valence-corrected chi connectivity index (χ4v) is 2.62. The zero-order valence-corrected chi connectivity index (χ0v) is 14.8. The van der Waals surface area contributed by atoms with Crippen molar-refractivity contribution in [1.29, 1.82) is 0 Å². The van der Waals surface area contributed by atoms with E-state index in [1.54, 1.807) is 65.8 Å². The van der Waals surface area contributed by atoms with Gasteiger partial charge in [-0.2, -0.15) is 0 Å². The highest BCUT2D eigenvalue weighted by atomic mass is 16.3. The third kappa shape index (κ3) is 4.49. The maximum absolute atomic E-state index is 12.3. The lowest BCUT2D eigenvalue weighted by Crippen LogP contribution is -2.27. The van der Waals surface area contributed by atoms with Gasteiger partial charge in [-0.25, -0.2) is 0 Å². The maximum Gasteiger partial charge on any atom is 0.255 e. The molecule has 0 saturated carbocycles. The molecule has 3 rings (SSSR count). The minimum Gasteiger partial charge on any atom is -0.506 e. The average molecular weight is 361 g/mol. The molecule has 136 valence electrons. The molecular weight excluding hydrogens is 342 g/mol. The summed E-state index contributed by atoms with van der Waals surface area (Å²) in [6.07, 6.45) is 3.29. The monoisotopic (exact) mass is 361 g/mol. The highest BCUT2D eigenvalue weighted by Crippen LogP contribution is 2.22. The molecule has 2 aromatic carbocycles. The van der Waals surface area contributed by atoms with Crippen molar-refractivity contribution >= 4 is 23.2 Å². The number of pyridine rings is 1. The van der Waals surface area contributed by atoms with E-state index >= 15 is 0 Å². The van der Waals surface area contributed by atoms with E-state index in [4.69, 9.17) is 0 Å². The number of phenols is 1. The molecule has 6 heteroatoms. The number of aromatic nitrogens is 1. The first-order valence-electron chi connectivity index (χ1n) is 8.41. The van der Waals surface area contributed by atoms with Crippen molar-refractivity contribution in [3.8, 4) is 5.75 Å². The summed E-state index contributed by atoms with van der Waals surface area (Å²) in [4.78, 5) is 30.0. The van der Waals surface area contributed by atoms with E-state index in [2.05, 4.69) is 10.3 Å². The van der Waals surface area contributed by atoms with Crippen LogP contribution in [0.2, 0.25) is 0 Å². The Morgan fingerprint density at radius 2 is 1.78 bits per heavy atom. The van der Waals surface area contributed by atoms with Gasteiger partial charge in [0.25, 0.3) is 5.91 Å². The van der Waals surface area contributed by atoms with E-state index in [1.807, 2.05) is 6.07 Å². The lowest BCUT2D eigenvalue weighted by atomic mass is 10.1. The van der Waals surface area contributed by atoms with Gasteiger partial charge in [0.2, 0.25) is 5.91 Å². The van der Waals surface area contributed by atoms with E-state index < -0.39 is 0 Å². The molecular formula is C21H19N3O3. The summed E-state index contributed by atoms with van der Waals surface area (Å²) in [7, 11) is 0. The first-order chi connectivity index (χ1) is 13.0. The zero-order chi connectivity index (χ0) is 19.2. The second-order valence-corrected chi connectivity index (χ2v) is 5.98. The third-order valence-electron chi connectivity index (χ3n) is 4.05. The van der Waals surface area contributed by atoms with Crippen LogP contribution in [-0.4, -0.2) is 21.9 Å². The number of carbonyl (C=O) groups is 2. The molecule has 0 spiro atoms. The molecule has 6 nitrogen and oxygen atoms in total. The third-order valence-corrected chi connectivity index (χ3v) is 4.05. The molecule has 0 atom stereocenters. The number of para-hydroxylation sites is 2. The van der Waals surface area contributed by atoms with E-state index in [0.29, 0.717) is 23.5 Å². The van der Waals surface area contributed by atoms with Crippen molar-refractivity contribution in [2.75, 3.05) is 10.2 Å². The summed E-state index contributed by atoms with van der Waals surface area (Å²) >= 11 is 0. The summed E-state index contributed by atoms with van der Waals surface area (Å²) in [5, 5.41) is 12.4. The Bertz CT molecular complexity index is 940. The number of hydrogen-bond acceptors (Lipinski definition) is 4. The van der Waals surface area contributed by atoms with Crippen molar-refractivity contribution in [1.82, 2.24) is 4.98 Å². The topological polar surface area (TPSA) is 82.5 Å². The standard InChI is InChI=1S/C21H19N3O3/c1-15(25)24(18-5-4-12-22-13-18)14-16-8-10-17(11-9-16)21(27)23-19-6-2-3-7-20(19)26/h2-13,26H,14H2,1H3,(H,23,27). The highest BCUT2D eigenvalue weighted by Gasteiger charge is 2.13. The van der Waals surface area contributed by atoms with Crippen LogP contribution in [0.4, 0.5) is 11.4 Å². The number of anilines is 2. The van der Waals surface area contributed by atoms with Gasteiger partial charge in [0, 0.05) is 18.7 Å². The lowest BCUT2D eigenvalue weighted by Gasteiger charge is -2.21. The molecule has 0 radical (unpaired) electrons. The van der Waals surface area contributed by atoms with Crippen LogP contribution < -0.4 is 10.2 Å². The van der Waals surface area contributed by atoms with Crippen LogP contribution in [0.3, 0.4) is 0 Å². The molecule has 0 aliphatic heterocycles. The van der Waals surface area contributed by atoms with Gasteiger partial charge in [0.15, 0.2) is 0 Å². The van der Waals surface area contributed by atoms with Crippen molar-refractivity contribution in [2.45, 2.75) is 13.5 Å². The molecule has 3 aromatic rings. The van der Waals surface area contributed by atoms with E-state index in [1.165, 1.54) is 13.0 Å². The molecule has 0 aliphatic carbocycles. The number of amides is 2. The minimum absolute atomic E-state index is 0.0102. The number of aromatic hydroxyl groups is 1. The molecule has 2 amide bonds. The molecule has 0 unspecified atom stereocenters. The fourth-order valence-electron chi connectivity index (χ4n) is 2.62. The number of nitrogens with one attached hydrogen (secondary N) is 1. The first kappa shape index (κ1) is 18.1. The van der Waals surface area contributed by atoms with E-state index in [-0.39, 0.29) is 17.6 Å². The number of nitrogens with zero attached hydrogens (tertiary/aromatic N) is 2. The minimum atomic E-state index is -0.321. The van der Waals surface area contributed by atoms with Crippen LogP contribution in [0.25, 0.3) is 0 Å². The molecule has 0 aliphatic rings. The van der Waals surface area contributed by atoms with Gasteiger partial charge in [0.1, 0.15) is 5.75 Å². The molecule has 1 heterocycles. The fraction of sp³-hybridized carbons (Fsp3) is 0.0952. The number of hydrogen-bond donors (Lipinski definition) is 2. The van der Waals surface area contributed by atoms with Crippen LogP contribution in [-0.2, 0) is 11.3 Å². The van der Waals surface area contributed by atoms with Gasteiger partial charge in [0.05, 0.1) is 24.1 Å². The van der Waals surface area contributed by atoms with Crippen molar-refractivity contribution in [2.24, 2.45) is 0 Å². The Balaban J connectivity index is 1.72. The Kier molecular flexibility index (Phi) is 5.47. The number of phenolic OH excluding ortho intramolecular Hbond substituents is 1. The quantitative estimate of drug-likeness (QED) is 0.680. The van der Waals surface area contributed by atoms with Gasteiger partial charge < -0.3 is 15.3 Å². The molecule has 1 aromatic heterocycles. The van der Waals surface area contributed by atoms with Crippen LogP contribution in [0.15, 0.2) is 73.1 Å². The smallest absolute Gasteiger partial charge is 0.255 e. The van der Waals surface area contributed by atoms with E-state index in [9.17, 15) is 14.7 Å². The molecule has 27 heavy (non-hydrogen) atoms. The number of rotatable bonds is 5. The average Bonchev–Trinajstić information content (AvgIpc) is 2.68. The van der Waals surface area contributed by atoms with Crippen LogP contribution >= 0.6 is 0 Å². The molecule has 2 N–H and O–H groups in total. The SMILES string of the molecule is CC(=O)N(Cc1ccc(C(=O)Nc2ccccc2O)cc1)c1cccnc1. The van der Waals surface area contributed by atoms with Crippen molar-refractivity contribution in [3.05, 3.63) is 84.2 Å². The predicted octanol–water partition coefficient (Wildman–Crippen LogP) is 3.59. The first-order valence-corrected chi connectivity index (χ1v) is 8.41. The molecule has 0 fully saturated rings. The Morgan fingerprint density at radius 3 is 2.41 bits per heavy atom. The second-order valence-electron chi connectivity index (χ2n) is 5.98. The van der Waals surface area contributed by atoms with Gasteiger partial charge in [-0.3, -0.25) is 14.6 Å². The van der Waals surface area contributed by atoms with Gasteiger partial charge in [-0.1, -0.05) is 24.3 Å². The van der Waals surface area contributed by atoms with Crippen LogP contribution in [0.5, 0.6) is 5.75 Å². The lowest BCUT2D eigenvalue weighted by molar-refractivity contribution is -0.116. The van der Waals surface area contributed by atoms with Gasteiger partial charge >= 0.3 is 0 Å². The Morgan fingerprint density at radius 1 is 1.04 bits per heavy atom. The van der Waals surface area contributed by atoms with Crippen molar-refractivity contribution < 1.29 is 14.7 Å². The van der Waals surface area contributed by atoms with Crippen molar-refractivity contribution in [3.63, 3.8) is 0 Å². The summed E-state index contributed by atoms with van der Waals surface area (Å²) in [6, 6.07) is 17.1. The Hall–Kier alpha value is -3.67. The molecule has 0 saturated heterocycles.